The van der Waals surface area contributed by atoms with E-state index in [4.69, 9.17) is 4.74 Å². The molecule has 0 saturated heterocycles. The molecule has 2 rings (SSSR count). The fourth-order valence-electron chi connectivity index (χ4n) is 2.25. The molecule has 1 N–H and O–H groups in total. The highest BCUT2D eigenvalue weighted by atomic mass is 79.9. The Morgan fingerprint density at radius 1 is 1.59 bits per heavy atom. The van der Waals surface area contributed by atoms with Crippen LogP contribution in [0.25, 0.3) is 0 Å². The second kappa shape index (κ2) is 5.54. The third-order valence-electron chi connectivity index (χ3n) is 2.99. The Morgan fingerprint density at radius 3 is 3.18 bits per heavy atom. The molecule has 92 valence electrons. The third kappa shape index (κ3) is 3.00. The summed E-state index contributed by atoms with van der Waals surface area (Å²) in [4.78, 5) is 11.4. The summed E-state index contributed by atoms with van der Waals surface area (Å²) in [6.07, 6.45) is 2.83. The Morgan fingerprint density at radius 2 is 2.41 bits per heavy atom. The summed E-state index contributed by atoms with van der Waals surface area (Å²) in [5.74, 6) is 0. The third-order valence-corrected chi connectivity index (χ3v) is 3.48. The summed E-state index contributed by atoms with van der Waals surface area (Å²) >= 11 is 3.47. The van der Waals surface area contributed by atoms with Gasteiger partial charge < -0.3 is 10.1 Å². The Hall–Kier alpha value is -1.03. The molecule has 0 aromatic heterocycles. The molecule has 4 heteroatoms. The Labute approximate surface area is 110 Å². The van der Waals surface area contributed by atoms with E-state index in [1.54, 1.807) is 0 Å². The Kier molecular flexibility index (Phi) is 4.05. The monoisotopic (exact) mass is 297 g/mol. The minimum atomic E-state index is -0.326. The van der Waals surface area contributed by atoms with Crippen LogP contribution < -0.4 is 5.32 Å². The number of carbonyl (C=O) groups is 1. The SMILES string of the molecule is CCOC(=O)NC1CCCc2cc(Br)ccc21. The predicted octanol–water partition coefficient (Wildman–Crippen LogP) is 3.57. The highest BCUT2D eigenvalue weighted by Crippen LogP contribution is 2.31. The van der Waals surface area contributed by atoms with E-state index in [0.29, 0.717) is 6.61 Å². The van der Waals surface area contributed by atoms with Crippen LogP contribution in [0.4, 0.5) is 4.79 Å². The van der Waals surface area contributed by atoms with Gasteiger partial charge in [-0.1, -0.05) is 22.0 Å². The van der Waals surface area contributed by atoms with Crippen LogP contribution in [0.2, 0.25) is 0 Å². The Balaban J connectivity index is 2.14. The number of hydrogen-bond donors (Lipinski definition) is 1. The quantitative estimate of drug-likeness (QED) is 0.906. The molecular weight excluding hydrogens is 282 g/mol. The van der Waals surface area contributed by atoms with Crippen LogP contribution in [-0.2, 0) is 11.2 Å². The molecule has 0 radical (unpaired) electrons. The lowest BCUT2D eigenvalue weighted by Crippen LogP contribution is -2.31. The van der Waals surface area contributed by atoms with Crippen LogP contribution in [0.1, 0.15) is 36.9 Å². The van der Waals surface area contributed by atoms with E-state index in [-0.39, 0.29) is 12.1 Å². The number of aryl methyl sites for hydroxylation is 1. The summed E-state index contributed by atoms with van der Waals surface area (Å²) in [7, 11) is 0. The molecule has 0 fully saturated rings. The number of hydrogen-bond acceptors (Lipinski definition) is 2. The van der Waals surface area contributed by atoms with E-state index in [9.17, 15) is 4.79 Å². The molecular formula is C13H16BrNO2. The molecule has 0 aliphatic heterocycles. The van der Waals surface area contributed by atoms with Gasteiger partial charge in [0.1, 0.15) is 0 Å². The maximum absolute atomic E-state index is 11.4. The summed E-state index contributed by atoms with van der Waals surface area (Å²) in [6, 6.07) is 6.32. The molecule has 1 aliphatic carbocycles. The maximum atomic E-state index is 11.4. The smallest absolute Gasteiger partial charge is 0.407 e. The van der Waals surface area contributed by atoms with Gasteiger partial charge in [0.25, 0.3) is 0 Å². The number of rotatable bonds is 2. The molecule has 0 heterocycles. The van der Waals surface area contributed by atoms with Crippen LogP contribution in [0.5, 0.6) is 0 Å². The number of fused-ring (bicyclic) bond motifs is 1. The van der Waals surface area contributed by atoms with Crippen molar-refractivity contribution in [1.82, 2.24) is 5.32 Å². The number of nitrogens with one attached hydrogen (secondary N) is 1. The fourth-order valence-corrected chi connectivity index (χ4v) is 2.66. The molecule has 1 aromatic rings. The lowest BCUT2D eigenvalue weighted by Gasteiger charge is -2.26. The molecule has 1 aliphatic rings. The minimum absolute atomic E-state index is 0.0888. The van der Waals surface area contributed by atoms with E-state index in [1.807, 2.05) is 13.0 Å². The zero-order valence-corrected chi connectivity index (χ0v) is 11.4. The molecule has 1 atom stereocenters. The van der Waals surface area contributed by atoms with Gasteiger partial charge in [-0.3, -0.25) is 0 Å². The van der Waals surface area contributed by atoms with Crippen molar-refractivity contribution < 1.29 is 9.53 Å². The number of ether oxygens (including phenoxy) is 1. The van der Waals surface area contributed by atoms with Crippen LogP contribution in [0.3, 0.4) is 0 Å². The zero-order chi connectivity index (χ0) is 12.3. The van der Waals surface area contributed by atoms with Crippen molar-refractivity contribution in [1.29, 1.82) is 0 Å². The average molecular weight is 298 g/mol. The first-order valence-electron chi connectivity index (χ1n) is 5.92. The van der Waals surface area contributed by atoms with Crippen molar-refractivity contribution >= 4 is 22.0 Å². The van der Waals surface area contributed by atoms with E-state index < -0.39 is 0 Å². The summed E-state index contributed by atoms with van der Waals surface area (Å²) in [5.41, 5.74) is 2.53. The second-order valence-corrected chi connectivity index (χ2v) is 5.07. The van der Waals surface area contributed by atoms with E-state index in [2.05, 4.69) is 33.4 Å². The van der Waals surface area contributed by atoms with Gasteiger partial charge in [0, 0.05) is 4.47 Å². The van der Waals surface area contributed by atoms with Crippen molar-refractivity contribution in [3.63, 3.8) is 0 Å². The van der Waals surface area contributed by atoms with Crippen molar-refractivity contribution in [2.75, 3.05) is 6.61 Å². The number of benzene rings is 1. The lowest BCUT2D eigenvalue weighted by atomic mass is 9.88. The topological polar surface area (TPSA) is 38.3 Å². The first-order valence-corrected chi connectivity index (χ1v) is 6.71. The van der Waals surface area contributed by atoms with Crippen molar-refractivity contribution in [2.45, 2.75) is 32.2 Å². The number of alkyl carbamates (subject to hydrolysis) is 1. The highest BCUT2D eigenvalue weighted by Gasteiger charge is 2.22. The fraction of sp³-hybridized carbons (Fsp3) is 0.462. The molecule has 1 unspecified atom stereocenters. The van der Waals surface area contributed by atoms with Gasteiger partial charge in [0.05, 0.1) is 12.6 Å². The normalized spacial score (nSPS) is 18.4. The predicted molar refractivity (Wildman–Crippen MR) is 70.0 cm³/mol. The van der Waals surface area contributed by atoms with Crippen LogP contribution in [0, 0.1) is 0 Å². The van der Waals surface area contributed by atoms with Gasteiger partial charge >= 0.3 is 6.09 Å². The number of amides is 1. The summed E-state index contributed by atoms with van der Waals surface area (Å²) in [5, 5.41) is 2.92. The van der Waals surface area contributed by atoms with Crippen molar-refractivity contribution in [3.8, 4) is 0 Å². The van der Waals surface area contributed by atoms with Gasteiger partial charge in [-0.25, -0.2) is 4.79 Å². The van der Waals surface area contributed by atoms with E-state index in [1.165, 1.54) is 11.1 Å². The average Bonchev–Trinajstić information content (AvgIpc) is 2.29. The van der Waals surface area contributed by atoms with Gasteiger partial charge in [-0.05, 0) is 49.4 Å². The molecule has 0 saturated carbocycles. The van der Waals surface area contributed by atoms with Gasteiger partial charge in [-0.2, -0.15) is 0 Å². The molecule has 1 amide bonds. The van der Waals surface area contributed by atoms with Gasteiger partial charge in [0.2, 0.25) is 0 Å². The van der Waals surface area contributed by atoms with Gasteiger partial charge in [0.15, 0.2) is 0 Å². The molecule has 0 bridgehead atoms. The maximum Gasteiger partial charge on any atom is 0.407 e. The van der Waals surface area contributed by atoms with Gasteiger partial charge in [-0.15, -0.1) is 0 Å². The molecule has 17 heavy (non-hydrogen) atoms. The largest absolute Gasteiger partial charge is 0.450 e. The highest BCUT2D eigenvalue weighted by molar-refractivity contribution is 9.10. The zero-order valence-electron chi connectivity index (χ0n) is 9.83. The summed E-state index contributed by atoms with van der Waals surface area (Å²) in [6.45, 7) is 2.22. The number of carbonyl (C=O) groups excluding carboxylic acids is 1. The van der Waals surface area contributed by atoms with E-state index >= 15 is 0 Å². The molecule has 0 spiro atoms. The van der Waals surface area contributed by atoms with Crippen molar-refractivity contribution in [2.24, 2.45) is 0 Å². The van der Waals surface area contributed by atoms with E-state index in [0.717, 1.165) is 23.7 Å². The second-order valence-electron chi connectivity index (χ2n) is 4.15. The van der Waals surface area contributed by atoms with Crippen molar-refractivity contribution in [3.05, 3.63) is 33.8 Å². The van der Waals surface area contributed by atoms with Crippen LogP contribution in [0.15, 0.2) is 22.7 Å². The lowest BCUT2D eigenvalue weighted by molar-refractivity contribution is 0.147. The first-order chi connectivity index (χ1) is 8.20. The minimum Gasteiger partial charge on any atom is -0.450 e. The molecule has 3 nitrogen and oxygen atoms in total. The van der Waals surface area contributed by atoms with Crippen LogP contribution in [-0.4, -0.2) is 12.7 Å². The standard InChI is InChI=1S/C13H16BrNO2/c1-2-17-13(16)15-12-5-3-4-9-8-10(14)6-7-11(9)12/h6-8,12H,2-5H2,1H3,(H,15,16). The number of halogens is 1. The Bertz CT molecular complexity index is 420. The summed E-state index contributed by atoms with van der Waals surface area (Å²) < 4.78 is 6.01. The molecule has 1 aromatic carbocycles. The first kappa shape index (κ1) is 12.4. The van der Waals surface area contributed by atoms with Crippen LogP contribution >= 0.6 is 15.9 Å².